The summed E-state index contributed by atoms with van der Waals surface area (Å²) in [6.07, 6.45) is -0.599. The Morgan fingerprint density at radius 2 is 1.79 bits per heavy atom. The molecule has 2 aromatic carbocycles. The smallest absolute Gasteiger partial charge is 0.409 e. The maximum absolute atomic E-state index is 11.9. The van der Waals surface area contributed by atoms with Gasteiger partial charge in [0.05, 0.1) is 27.2 Å². The predicted molar refractivity (Wildman–Crippen MR) is 104 cm³/mol. The van der Waals surface area contributed by atoms with Crippen LogP contribution in [-0.2, 0) is 22.5 Å². The molecule has 1 amide bonds. The van der Waals surface area contributed by atoms with Crippen LogP contribution < -0.4 is 15.2 Å². The molecule has 2 aromatic rings. The second kappa shape index (κ2) is 9.50. The number of rotatable bonds is 8. The standard InChI is InChI=1S/C20H24N2O6/c1-4-22(20(25)27-3)12-14-11-15(21)6-8-16(14)28-18-9-13(10-19(23)24)5-7-17(18)26-2/h5-9,11H,4,10,12,21H2,1-3H3,(H,23,24). The summed E-state index contributed by atoms with van der Waals surface area (Å²) in [6.45, 7) is 2.52. The minimum Gasteiger partial charge on any atom is -0.493 e. The van der Waals surface area contributed by atoms with Crippen molar-refractivity contribution in [3.8, 4) is 17.2 Å². The zero-order valence-electron chi connectivity index (χ0n) is 16.1. The largest absolute Gasteiger partial charge is 0.493 e. The van der Waals surface area contributed by atoms with E-state index in [0.29, 0.717) is 40.6 Å². The number of carboxylic acid groups (broad SMARTS) is 1. The van der Waals surface area contributed by atoms with Gasteiger partial charge in [0.1, 0.15) is 5.75 Å². The van der Waals surface area contributed by atoms with E-state index in [1.807, 2.05) is 6.92 Å². The molecule has 0 heterocycles. The van der Waals surface area contributed by atoms with Crippen LogP contribution in [0.1, 0.15) is 18.1 Å². The van der Waals surface area contributed by atoms with Crippen molar-refractivity contribution in [1.82, 2.24) is 4.90 Å². The van der Waals surface area contributed by atoms with Gasteiger partial charge in [0.15, 0.2) is 11.5 Å². The quantitative estimate of drug-likeness (QED) is 0.668. The highest BCUT2D eigenvalue weighted by Crippen LogP contribution is 2.35. The number of anilines is 1. The molecule has 0 spiro atoms. The summed E-state index contributed by atoms with van der Waals surface area (Å²) in [6, 6.07) is 10.0. The van der Waals surface area contributed by atoms with Gasteiger partial charge in [-0.2, -0.15) is 0 Å². The lowest BCUT2D eigenvalue weighted by Crippen LogP contribution is -2.30. The fourth-order valence-corrected chi connectivity index (χ4v) is 2.67. The van der Waals surface area contributed by atoms with Gasteiger partial charge in [0.25, 0.3) is 0 Å². The molecule has 0 saturated heterocycles. The molecule has 0 unspecified atom stereocenters. The SMILES string of the molecule is CCN(Cc1cc(N)ccc1Oc1cc(CC(=O)O)ccc1OC)C(=O)OC. The van der Waals surface area contributed by atoms with Gasteiger partial charge in [-0.25, -0.2) is 4.79 Å². The highest BCUT2D eigenvalue weighted by Gasteiger charge is 2.17. The van der Waals surface area contributed by atoms with Crippen LogP contribution in [0.2, 0.25) is 0 Å². The molecule has 0 aliphatic carbocycles. The number of hydrogen-bond donors (Lipinski definition) is 2. The van der Waals surface area contributed by atoms with Crippen molar-refractivity contribution in [1.29, 1.82) is 0 Å². The Morgan fingerprint density at radius 3 is 2.39 bits per heavy atom. The zero-order chi connectivity index (χ0) is 20.7. The van der Waals surface area contributed by atoms with Gasteiger partial charge in [-0.15, -0.1) is 0 Å². The first-order valence-corrected chi connectivity index (χ1v) is 8.65. The number of nitrogen functional groups attached to an aromatic ring is 1. The Morgan fingerprint density at radius 1 is 1.07 bits per heavy atom. The van der Waals surface area contributed by atoms with E-state index in [0.717, 1.165) is 0 Å². The third-order valence-electron chi connectivity index (χ3n) is 4.06. The Hall–Kier alpha value is -3.42. The highest BCUT2D eigenvalue weighted by atomic mass is 16.5. The number of amides is 1. The normalized spacial score (nSPS) is 10.2. The van der Waals surface area contributed by atoms with Crippen molar-refractivity contribution in [3.05, 3.63) is 47.5 Å². The molecular weight excluding hydrogens is 364 g/mol. The number of hydrogen-bond acceptors (Lipinski definition) is 6. The summed E-state index contributed by atoms with van der Waals surface area (Å²) in [4.78, 5) is 24.4. The van der Waals surface area contributed by atoms with E-state index in [1.54, 1.807) is 36.4 Å². The molecule has 0 aromatic heterocycles. The molecule has 2 rings (SSSR count). The van der Waals surface area contributed by atoms with E-state index in [-0.39, 0.29) is 13.0 Å². The molecule has 8 nitrogen and oxygen atoms in total. The highest BCUT2D eigenvalue weighted by molar-refractivity contribution is 5.70. The molecule has 0 saturated carbocycles. The van der Waals surface area contributed by atoms with Gasteiger partial charge >= 0.3 is 12.1 Å². The van der Waals surface area contributed by atoms with Crippen LogP contribution in [0, 0.1) is 0 Å². The van der Waals surface area contributed by atoms with Gasteiger partial charge in [0, 0.05) is 17.8 Å². The molecule has 0 radical (unpaired) electrons. The lowest BCUT2D eigenvalue weighted by Gasteiger charge is -2.21. The molecule has 0 fully saturated rings. The Kier molecular flexibility index (Phi) is 7.08. The summed E-state index contributed by atoms with van der Waals surface area (Å²) in [7, 11) is 2.82. The van der Waals surface area contributed by atoms with Crippen LogP contribution in [0.4, 0.5) is 10.5 Å². The third kappa shape index (κ3) is 5.29. The topological polar surface area (TPSA) is 111 Å². The molecule has 150 valence electrons. The van der Waals surface area contributed by atoms with E-state index >= 15 is 0 Å². The summed E-state index contributed by atoms with van der Waals surface area (Å²) < 4.78 is 16.1. The fraction of sp³-hybridized carbons (Fsp3) is 0.300. The van der Waals surface area contributed by atoms with Crippen LogP contribution in [0.25, 0.3) is 0 Å². The number of carboxylic acids is 1. The van der Waals surface area contributed by atoms with E-state index in [2.05, 4.69) is 0 Å². The van der Waals surface area contributed by atoms with Crippen molar-refractivity contribution in [2.75, 3.05) is 26.5 Å². The van der Waals surface area contributed by atoms with Crippen LogP contribution in [0.15, 0.2) is 36.4 Å². The summed E-state index contributed by atoms with van der Waals surface area (Å²) in [5.74, 6) is 0.355. The van der Waals surface area contributed by atoms with Gasteiger partial charge < -0.3 is 30.0 Å². The number of ether oxygens (including phenoxy) is 3. The van der Waals surface area contributed by atoms with Crippen molar-refractivity contribution in [3.63, 3.8) is 0 Å². The first kappa shape index (κ1) is 20.9. The van der Waals surface area contributed by atoms with Gasteiger partial charge in [-0.05, 0) is 42.8 Å². The summed E-state index contributed by atoms with van der Waals surface area (Å²) >= 11 is 0. The third-order valence-corrected chi connectivity index (χ3v) is 4.06. The molecule has 3 N–H and O–H groups in total. The van der Waals surface area contributed by atoms with Crippen molar-refractivity contribution in [2.24, 2.45) is 0 Å². The second-order valence-corrected chi connectivity index (χ2v) is 6.01. The van der Waals surface area contributed by atoms with Gasteiger partial charge in [-0.1, -0.05) is 6.07 Å². The van der Waals surface area contributed by atoms with Gasteiger partial charge in [0.2, 0.25) is 0 Å². The van der Waals surface area contributed by atoms with E-state index in [9.17, 15) is 9.59 Å². The van der Waals surface area contributed by atoms with Crippen LogP contribution >= 0.6 is 0 Å². The van der Waals surface area contributed by atoms with E-state index in [1.165, 1.54) is 19.1 Å². The van der Waals surface area contributed by atoms with Crippen molar-refractivity contribution < 1.29 is 28.9 Å². The van der Waals surface area contributed by atoms with Crippen molar-refractivity contribution in [2.45, 2.75) is 19.9 Å². The summed E-state index contributed by atoms with van der Waals surface area (Å²) in [5, 5.41) is 9.02. The lowest BCUT2D eigenvalue weighted by molar-refractivity contribution is -0.136. The van der Waals surface area contributed by atoms with E-state index < -0.39 is 12.1 Å². The number of carbonyl (C=O) groups is 2. The zero-order valence-corrected chi connectivity index (χ0v) is 16.1. The number of methoxy groups -OCH3 is 2. The minimum atomic E-state index is -0.944. The maximum Gasteiger partial charge on any atom is 0.409 e. The Bertz CT molecular complexity index is 853. The molecule has 28 heavy (non-hydrogen) atoms. The predicted octanol–water partition coefficient (Wildman–Crippen LogP) is 3.29. The molecule has 0 atom stereocenters. The first-order chi connectivity index (χ1) is 13.4. The monoisotopic (exact) mass is 388 g/mol. The average Bonchev–Trinajstić information content (AvgIpc) is 2.67. The van der Waals surface area contributed by atoms with Crippen molar-refractivity contribution >= 4 is 17.7 Å². The fourth-order valence-electron chi connectivity index (χ4n) is 2.67. The van der Waals surface area contributed by atoms with E-state index in [4.69, 9.17) is 25.1 Å². The average molecular weight is 388 g/mol. The molecular formula is C20H24N2O6. The Labute approximate surface area is 163 Å². The molecule has 0 aliphatic rings. The lowest BCUT2D eigenvalue weighted by atomic mass is 10.1. The van der Waals surface area contributed by atoms with Crippen LogP contribution in [0.5, 0.6) is 17.2 Å². The summed E-state index contributed by atoms with van der Waals surface area (Å²) in [5.41, 5.74) is 7.68. The number of benzene rings is 2. The Balaban J connectivity index is 2.38. The number of nitrogens with two attached hydrogens (primary N) is 1. The minimum absolute atomic E-state index is 0.138. The van der Waals surface area contributed by atoms with Crippen LogP contribution in [0.3, 0.4) is 0 Å². The number of aliphatic carboxylic acids is 1. The molecule has 0 aliphatic heterocycles. The molecule has 0 bridgehead atoms. The van der Waals surface area contributed by atoms with Crippen LogP contribution in [-0.4, -0.2) is 42.8 Å². The maximum atomic E-state index is 11.9. The first-order valence-electron chi connectivity index (χ1n) is 8.65. The number of carbonyl (C=O) groups excluding carboxylic acids is 1. The molecule has 8 heteroatoms. The van der Waals surface area contributed by atoms with Gasteiger partial charge in [-0.3, -0.25) is 4.79 Å². The number of nitrogens with zero attached hydrogens (tertiary/aromatic N) is 1. The second-order valence-electron chi connectivity index (χ2n) is 6.01.